The second-order valence-electron chi connectivity index (χ2n) is 6.04. The van der Waals surface area contributed by atoms with Gasteiger partial charge in [-0.05, 0) is 67.3 Å². The summed E-state index contributed by atoms with van der Waals surface area (Å²) in [6.45, 7) is 6.09. The summed E-state index contributed by atoms with van der Waals surface area (Å²) in [7, 11) is 1.54. The second-order valence-corrected chi connectivity index (χ2v) is 6.45. The molecule has 0 radical (unpaired) electrons. The summed E-state index contributed by atoms with van der Waals surface area (Å²) >= 11 is 6.24. The molecule has 2 N–H and O–H groups in total. The van der Waals surface area contributed by atoms with E-state index in [2.05, 4.69) is 5.32 Å². The van der Waals surface area contributed by atoms with Crippen LogP contribution in [0.25, 0.3) is 6.08 Å². The summed E-state index contributed by atoms with van der Waals surface area (Å²) in [5.74, 6) is 0.705. The standard InChI is InChI=1S/C21H24ClNO4/c1-5-27-21-17(22)9-15(10-19(21)26-4)6-7-20(25)23-18-11-16(12-24)13(2)8-14(18)3/h6-11,24H,5,12H2,1-4H3,(H,23,25). The van der Waals surface area contributed by atoms with E-state index < -0.39 is 0 Å². The average molecular weight is 390 g/mol. The molecule has 0 bridgehead atoms. The Kier molecular flexibility index (Phi) is 7.28. The summed E-state index contributed by atoms with van der Waals surface area (Å²) in [4.78, 5) is 12.3. The Balaban J connectivity index is 2.19. The van der Waals surface area contributed by atoms with Crippen LogP contribution in [0.15, 0.2) is 30.3 Å². The minimum atomic E-state index is -0.283. The van der Waals surface area contributed by atoms with Crippen LogP contribution in [0.2, 0.25) is 5.02 Å². The van der Waals surface area contributed by atoms with Crippen LogP contribution in [0, 0.1) is 13.8 Å². The Labute approximate surface area is 164 Å². The number of anilines is 1. The normalized spacial score (nSPS) is 10.9. The fraction of sp³-hybridized carbons (Fsp3) is 0.286. The lowest BCUT2D eigenvalue weighted by Gasteiger charge is -2.12. The number of aliphatic hydroxyl groups is 1. The van der Waals surface area contributed by atoms with Gasteiger partial charge in [0, 0.05) is 11.8 Å². The number of aliphatic hydroxyl groups excluding tert-OH is 1. The molecule has 0 saturated heterocycles. The van der Waals surface area contributed by atoms with Crippen molar-refractivity contribution in [3.8, 4) is 11.5 Å². The summed E-state index contributed by atoms with van der Waals surface area (Å²) in [6.07, 6.45) is 3.07. The molecule has 0 aliphatic carbocycles. The van der Waals surface area contributed by atoms with Gasteiger partial charge in [-0.15, -0.1) is 0 Å². The molecule has 0 atom stereocenters. The number of rotatable bonds is 7. The maximum atomic E-state index is 12.3. The lowest BCUT2D eigenvalue weighted by Crippen LogP contribution is -2.10. The minimum absolute atomic E-state index is 0.0741. The summed E-state index contributed by atoms with van der Waals surface area (Å²) < 4.78 is 10.8. The summed E-state index contributed by atoms with van der Waals surface area (Å²) in [6, 6.07) is 7.18. The molecular weight excluding hydrogens is 366 g/mol. The van der Waals surface area contributed by atoms with Crippen molar-refractivity contribution in [3.05, 3.63) is 57.6 Å². The van der Waals surface area contributed by atoms with Gasteiger partial charge in [0.15, 0.2) is 11.5 Å². The van der Waals surface area contributed by atoms with E-state index in [9.17, 15) is 9.90 Å². The number of hydrogen-bond acceptors (Lipinski definition) is 4. The predicted molar refractivity (Wildman–Crippen MR) is 109 cm³/mol. The quantitative estimate of drug-likeness (QED) is 0.684. The molecule has 2 aromatic carbocycles. The first-order chi connectivity index (χ1) is 12.9. The van der Waals surface area contributed by atoms with Crippen molar-refractivity contribution in [2.45, 2.75) is 27.4 Å². The van der Waals surface area contributed by atoms with E-state index in [0.717, 1.165) is 16.7 Å². The molecule has 2 aromatic rings. The van der Waals surface area contributed by atoms with Gasteiger partial charge in [0.25, 0.3) is 0 Å². The lowest BCUT2D eigenvalue weighted by molar-refractivity contribution is -0.111. The Bertz CT molecular complexity index is 862. The molecule has 144 valence electrons. The zero-order valence-electron chi connectivity index (χ0n) is 15.9. The Hall–Kier alpha value is -2.50. The number of carbonyl (C=O) groups is 1. The van der Waals surface area contributed by atoms with Crippen LogP contribution < -0.4 is 14.8 Å². The molecule has 0 spiro atoms. The molecule has 0 fully saturated rings. The van der Waals surface area contributed by atoms with Crippen LogP contribution in [0.5, 0.6) is 11.5 Å². The first kappa shape index (κ1) is 20.8. The maximum Gasteiger partial charge on any atom is 0.248 e. The topological polar surface area (TPSA) is 67.8 Å². The molecular formula is C21H24ClNO4. The van der Waals surface area contributed by atoms with Crippen molar-refractivity contribution in [2.24, 2.45) is 0 Å². The highest BCUT2D eigenvalue weighted by Crippen LogP contribution is 2.36. The fourth-order valence-corrected chi connectivity index (χ4v) is 2.94. The monoisotopic (exact) mass is 389 g/mol. The van der Waals surface area contributed by atoms with Gasteiger partial charge in [0.1, 0.15) is 0 Å². The Morgan fingerprint density at radius 1 is 1.22 bits per heavy atom. The van der Waals surface area contributed by atoms with Gasteiger partial charge < -0.3 is 19.9 Å². The van der Waals surface area contributed by atoms with Crippen molar-refractivity contribution in [1.29, 1.82) is 0 Å². The molecule has 0 aliphatic rings. The Morgan fingerprint density at radius 3 is 2.59 bits per heavy atom. The van der Waals surface area contributed by atoms with Crippen LogP contribution in [0.3, 0.4) is 0 Å². The van der Waals surface area contributed by atoms with Crippen LogP contribution >= 0.6 is 11.6 Å². The van der Waals surface area contributed by atoms with Crippen LogP contribution in [0.4, 0.5) is 5.69 Å². The van der Waals surface area contributed by atoms with E-state index in [1.54, 1.807) is 24.3 Å². The number of benzene rings is 2. The molecule has 0 heterocycles. The molecule has 0 unspecified atom stereocenters. The number of methoxy groups -OCH3 is 1. The summed E-state index contributed by atoms with van der Waals surface area (Å²) in [5.41, 5.74) is 4.08. The van der Waals surface area contributed by atoms with Crippen molar-refractivity contribution >= 4 is 29.3 Å². The molecule has 2 rings (SSSR count). The van der Waals surface area contributed by atoms with Crippen molar-refractivity contribution in [2.75, 3.05) is 19.0 Å². The zero-order valence-corrected chi connectivity index (χ0v) is 16.7. The van der Waals surface area contributed by atoms with E-state index in [-0.39, 0.29) is 12.5 Å². The number of nitrogens with one attached hydrogen (secondary N) is 1. The van der Waals surface area contributed by atoms with Gasteiger partial charge in [0.05, 0.1) is 25.3 Å². The second kappa shape index (κ2) is 9.44. The molecule has 27 heavy (non-hydrogen) atoms. The first-order valence-corrected chi connectivity index (χ1v) is 8.97. The SMILES string of the molecule is CCOc1c(Cl)cc(C=CC(=O)Nc2cc(CO)c(C)cc2C)cc1OC. The third kappa shape index (κ3) is 5.25. The number of aryl methyl sites for hydroxylation is 2. The van der Waals surface area contributed by atoms with Gasteiger partial charge in [0.2, 0.25) is 5.91 Å². The number of halogens is 1. The largest absolute Gasteiger partial charge is 0.493 e. The van der Waals surface area contributed by atoms with Crippen LogP contribution in [-0.2, 0) is 11.4 Å². The highest BCUT2D eigenvalue weighted by Gasteiger charge is 2.11. The van der Waals surface area contributed by atoms with E-state index in [4.69, 9.17) is 21.1 Å². The van der Waals surface area contributed by atoms with Crippen molar-refractivity contribution < 1.29 is 19.4 Å². The van der Waals surface area contributed by atoms with Crippen molar-refractivity contribution in [1.82, 2.24) is 0 Å². The van der Waals surface area contributed by atoms with Crippen LogP contribution in [-0.4, -0.2) is 24.7 Å². The smallest absolute Gasteiger partial charge is 0.248 e. The van der Waals surface area contributed by atoms with E-state index in [1.807, 2.05) is 26.8 Å². The third-order valence-corrected chi connectivity index (χ3v) is 4.36. The highest BCUT2D eigenvalue weighted by atomic mass is 35.5. The molecule has 1 amide bonds. The van der Waals surface area contributed by atoms with Crippen LogP contribution in [0.1, 0.15) is 29.2 Å². The molecule has 0 aliphatic heterocycles. The van der Waals surface area contributed by atoms with E-state index in [0.29, 0.717) is 34.4 Å². The highest BCUT2D eigenvalue weighted by molar-refractivity contribution is 6.32. The number of amides is 1. The Morgan fingerprint density at radius 2 is 1.96 bits per heavy atom. The number of carbonyl (C=O) groups excluding carboxylic acids is 1. The van der Waals surface area contributed by atoms with Crippen molar-refractivity contribution in [3.63, 3.8) is 0 Å². The molecule has 6 heteroatoms. The zero-order chi connectivity index (χ0) is 20.0. The average Bonchev–Trinajstić information content (AvgIpc) is 2.64. The lowest BCUT2D eigenvalue weighted by atomic mass is 10.0. The predicted octanol–water partition coefficient (Wildman–Crippen LogP) is 4.51. The van der Waals surface area contributed by atoms with Gasteiger partial charge >= 0.3 is 0 Å². The van der Waals surface area contributed by atoms with Gasteiger partial charge in [-0.3, -0.25) is 4.79 Å². The molecule has 5 nitrogen and oxygen atoms in total. The molecule has 0 aromatic heterocycles. The summed E-state index contributed by atoms with van der Waals surface area (Å²) in [5, 5.41) is 12.6. The number of ether oxygens (including phenoxy) is 2. The van der Waals surface area contributed by atoms with Gasteiger partial charge in [-0.2, -0.15) is 0 Å². The first-order valence-electron chi connectivity index (χ1n) is 8.60. The molecule has 0 saturated carbocycles. The van der Waals surface area contributed by atoms with Gasteiger partial charge in [-0.1, -0.05) is 17.7 Å². The maximum absolute atomic E-state index is 12.3. The van der Waals surface area contributed by atoms with E-state index >= 15 is 0 Å². The van der Waals surface area contributed by atoms with E-state index in [1.165, 1.54) is 13.2 Å². The number of hydrogen-bond donors (Lipinski definition) is 2. The fourth-order valence-electron chi connectivity index (χ4n) is 2.67. The minimum Gasteiger partial charge on any atom is -0.493 e. The van der Waals surface area contributed by atoms with Gasteiger partial charge in [-0.25, -0.2) is 0 Å². The third-order valence-electron chi connectivity index (χ3n) is 4.08.